The van der Waals surface area contributed by atoms with Gasteiger partial charge in [-0.15, -0.1) is 11.3 Å². The third-order valence-electron chi connectivity index (χ3n) is 5.48. The van der Waals surface area contributed by atoms with E-state index in [4.69, 9.17) is 4.74 Å². The Morgan fingerprint density at radius 2 is 1.79 bits per heavy atom. The lowest BCUT2D eigenvalue weighted by atomic mass is 10.2. The van der Waals surface area contributed by atoms with Crippen molar-refractivity contribution in [3.63, 3.8) is 0 Å². The Morgan fingerprint density at radius 1 is 0.931 bits per heavy atom. The van der Waals surface area contributed by atoms with Gasteiger partial charge in [-0.3, -0.25) is 14.5 Å². The second kappa shape index (κ2) is 9.41. The van der Waals surface area contributed by atoms with Crippen LogP contribution in [0.15, 0.2) is 41.8 Å². The SMILES string of the molecule is O=C(CCC(=O)N1CCOc2ccccc21)N1CCCN(Cc2cccs2)CC1. The molecule has 4 rings (SSSR count). The van der Waals surface area contributed by atoms with E-state index in [1.165, 1.54) is 4.88 Å². The summed E-state index contributed by atoms with van der Waals surface area (Å²) in [4.78, 5) is 32.9. The van der Waals surface area contributed by atoms with E-state index in [1.54, 1.807) is 16.2 Å². The minimum absolute atomic E-state index is 0.0109. The van der Waals surface area contributed by atoms with E-state index in [0.29, 0.717) is 13.2 Å². The summed E-state index contributed by atoms with van der Waals surface area (Å²) in [6.45, 7) is 5.37. The van der Waals surface area contributed by atoms with Crippen molar-refractivity contribution in [1.29, 1.82) is 0 Å². The van der Waals surface area contributed by atoms with Crippen LogP contribution in [0, 0.1) is 0 Å². The Kier molecular flexibility index (Phi) is 6.46. The molecule has 2 aromatic rings. The molecular weight excluding hydrogens is 386 g/mol. The van der Waals surface area contributed by atoms with Crippen LogP contribution in [0.5, 0.6) is 5.75 Å². The molecule has 1 fully saturated rings. The number of para-hydroxylation sites is 2. The van der Waals surface area contributed by atoms with Crippen molar-refractivity contribution in [3.8, 4) is 5.75 Å². The number of rotatable bonds is 5. The largest absolute Gasteiger partial charge is 0.490 e. The zero-order valence-electron chi connectivity index (χ0n) is 16.6. The highest BCUT2D eigenvalue weighted by atomic mass is 32.1. The molecule has 0 bridgehead atoms. The molecule has 0 radical (unpaired) electrons. The molecule has 0 atom stereocenters. The number of anilines is 1. The van der Waals surface area contributed by atoms with Gasteiger partial charge in [0.2, 0.25) is 11.8 Å². The van der Waals surface area contributed by atoms with Crippen molar-refractivity contribution in [3.05, 3.63) is 46.7 Å². The second-order valence-corrected chi connectivity index (χ2v) is 8.48. The molecule has 1 saturated heterocycles. The maximum Gasteiger partial charge on any atom is 0.227 e. The van der Waals surface area contributed by atoms with E-state index in [2.05, 4.69) is 22.4 Å². The lowest BCUT2D eigenvalue weighted by Crippen LogP contribution is -2.39. The minimum Gasteiger partial charge on any atom is -0.490 e. The molecule has 2 aliphatic rings. The average molecular weight is 414 g/mol. The number of carbonyl (C=O) groups excluding carboxylic acids is 2. The molecule has 0 N–H and O–H groups in total. The van der Waals surface area contributed by atoms with Crippen LogP contribution in [0.1, 0.15) is 24.1 Å². The summed E-state index contributed by atoms with van der Waals surface area (Å²) < 4.78 is 5.61. The van der Waals surface area contributed by atoms with E-state index >= 15 is 0 Å². The van der Waals surface area contributed by atoms with Crippen LogP contribution < -0.4 is 9.64 Å². The Bertz CT molecular complexity index is 840. The maximum absolute atomic E-state index is 12.7. The fraction of sp³-hybridized carbons (Fsp3) is 0.455. The highest BCUT2D eigenvalue weighted by Gasteiger charge is 2.25. The molecular formula is C22H27N3O3S. The Balaban J connectivity index is 1.27. The van der Waals surface area contributed by atoms with E-state index < -0.39 is 0 Å². The number of amides is 2. The van der Waals surface area contributed by atoms with Crippen LogP contribution in [-0.2, 0) is 16.1 Å². The summed E-state index contributed by atoms with van der Waals surface area (Å²) in [7, 11) is 0. The first-order valence-corrected chi connectivity index (χ1v) is 11.1. The minimum atomic E-state index is -0.0109. The summed E-state index contributed by atoms with van der Waals surface area (Å²) in [5.41, 5.74) is 0.801. The summed E-state index contributed by atoms with van der Waals surface area (Å²) >= 11 is 1.78. The molecule has 154 valence electrons. The van der Waals surface area contributed by atoms with E-state index in [9.17, 15) is 9.59 Å². The van der Waals surface area contributed by atoms with Crippen molar-refractivity contribution in [2.24, 2.45) is 0 Å². The average Bonchev–Trinajstić information content (AvgIpc) is 3.15. The smallest absolute Gasteiger partial charge is 0.227 e. The number of nitrogens with zero attached hydrogens (tertiary/aromatic N) is 3. The van der Waals surface area contributed by atoms with Crippen LogP contribution in [0.3, 0.4) is 0 Å². The number of thiophene rings is 1. The first-order chi connectivity index (χ1) is 14.2. The van der Waals surface area contributed by atoms with Crippen LogP contribution in [0.25, 0.3) is 0 Å². The third kappa shape index (κ3) is 4.97. The van der Waals surface area contributed by atoms with Crippen LogP contribution in [0.2, 0.25) is 0 Å². The first kappa shape index (κ1) is 19.9. The first-order valence-electron chi connectivity index (χ1n) is 10.3. The van der Waals surface area contributed by atoms with Gasteiger partial charge < -0.3 is 14.5 Å². The fourth-order valence-corrected chi connectivity index (χ4v) is 4.68. The Hall–Kier alpha value is -2.38. The van der Waals surface area contributed by atoms with Gasteiger partial charge in [0.05, 0.1) is 12.2 Å². The summed E-state index contributed by atoms with van der Waals surface area (Å²) in [6, 6.07) is 11.8. The topological polar surface area (TPSA) is 53.1 Å². The highest BCUT2D eigenvalue weighted by molar-refractivity contribution is 7.09. The van der Waals surface area contributed by atoms with Gasteiger partial charge in [-0.2, -0.15) is 0 Å². The molecule has 7 heteroatoms. The normalized spacial score (nSPS) is 17.4. The van der Waals surface area contributed by atoms with Crippen molar-refractivity contribution < 1.29 is 14.3 Å². The summed E-state index contributed by atoms with van der Waals surface area (Å²) in [5, 5.41) is 2.10. The van der Waals surface area contributed by atoms with Crippen LogP contribution in [-0.4, -0.2) is 60.9 Å². The van der Waals surface area contributed by atoms with Crippen LogP contribution in [0.4, 0.5) is 5.69 Å². The number of fused-ring (bicyclic) bond motifs is 1. The highest BCUT2D eigenvalue weighted by Crippen LogP contribution is 2.31. The molecule has 0 spiro atoms. The monoisotopic (exact) mass is 413 g/mol. The van der Waals surface area contributed by atoms with Gasteiger partial charge in [0.25, 0.3) is 0 Å². The maximum atomic E-state index is 12.7. The summed E-state index contributed by atoms with van der Waals surface area (Å²) in [5.74, 6) is 0.804. The number of ether oxygens (including phenoxy) is 1. The second-order valence-electron chi connectivity index (χ2n) is 7.45. The lowest BCUT2D eigenvalue weighted by Gasteiger charge is -2.29. The zero-order valence-corrected chi connectivity index (χ0v) is 17.4. The molecule has 3 heterocycles. The molecule has 0 aliphatic carbocycles. The van der Waals surface area contributed by atoms with Crippen molar-refractivity contribution in [1.82, 2.24) is 9.80 Å². The molecule has 2 amide bonds. The molecule has 0 unspecified atom stereocenters. The predicted molar refractivity (Wildman–Crippen MR) is 114 cm³/mol. The van der Waals surface area contributed by atoms with Gasteiger partial charge >= 0.3 is 0 Å². The van der Waals surface area contributed by atoms with Gasteiger partial charge in [0.1, 0.15) is 12.4 Å². The van der Waals surface area contributed by atoms with E-state index in [0.717, 1.165) is 50.6 Å². The van der Waals surface area contributed by atoms with Gasteiger partial charge in [-0.1, -0.05) is 18.2 Å². The lowest BCUT2D eigenvalue weighted by molar-refractivity contribution is -0.133. The standard InChI is InChI=1S/C22H27N3O3S/c26-21(24-11-4-10-23(12-13-24)17-18-5-3-16-29-18)8-9-22(27)25-14-15-28-20-7-2-1-6-19(20)25/h1-3,5-7,16H,4,8-15,17H2. The van der Waals surface area contributed by atoms with Crippen LogP contribution >= 0.6 is 11.3 Å². The van der Waals surface area contributed by atoms with Crippen molar-refractivity contribution in [2.45, 2.75) is 25.8 Å². The van der Waals surface area contributed by atoms with Crippen molar-refractivity contribution >= 4 is 28.8 Å². The van der Waals surface area contributed by atoms with Crippen molar-refractivity contribution in [2.75, 3.05) is 44.2 Å². The molecule has 1 aromatic carbocycles. The Morgan fingerprint density at radius 3 is 2.66 bits per heavy atom. The van der Waals surface area contributed by atoms with Gasteiger partial charge in [-0.25, -0.2) is 0 Å². The van der Waals surface area contributed by atoms with E-state index in [-0.39, 0.29) is 24.7 Å². The van der Waals surface area contributed by atoms with Gasteiger partial charge in [-0.05, 0) is 30.0 Å². The fourth-order valence-electron chi connectivity index (χ4n) is 3.94. The predicted octanol–water partition coefficient (Wildman–Crippen LogP) is 2.99. The molecule has 1 aromatic heterocycles. The quantitative estimate of drug-likeness (QED) is 0.756. The molecule has 29 heavy (non-hydrogen) atoms. The van der Waals surface area contributed by atoms with Gasteiger partial charge in [0.15, 0.2) is 0 Å². The zero-order chi connectivity index (χ0) is 20.1. The number of hydrogen-bond donors (Lipinski definition) is 0. The molecule has 6 nitrogen and oxygen atoms in total. The Labute approximate surface area is 175 Å². The van der Waals surface area contributed by atoms with Gasteiger partial charge in [0, 0.05) is 50.4 Å². The van der Waals surface area contributed by atoms with E-state index in [1.807, 2.05) is 29.2 Å². The molecule has 2 aliphatic heterocycles. The molecule has 0 saturated carbocycles. The number of carbonyl (C=O) groups is 2. The number of benzene rings is 1. The third-order valence-corrected chi connectivity index (χ3v) is 6.34. The summed E-state index contributed by atoms with van der Waals surface area (Å²) in [6.07, 6.45) is 1.48. The number of hydrogen-bond acceptors (Lipinski definition) is 5.